The van der Waals surface area contributed by atoms with Crippen molar-refractivity contribution in [2.75, 3.05) is 18.0 Å². The van der Waals surface area contributed by atoms with Crippen molar-refractivity contribution in [3.8, 4) is 11.3 Å². The van der Waals surface area contributed by atoms with Crippen molar-refractivity contribution in [1.29, 1.82) is 0 Å². The standard InChI is InChI=1S/C15H16BrN3O/c16-12-13(11-7-3-1-4-8-11)17-15(18-14(12)20)19-9-5-2-6-10-19/h1,3-4,7-8H,2,5-6,9-10H2,(H,17,18,20). The summed E-state index contributed by atoms with van der Waals surface area (Å²) in [6, 6.07) is 9.78. The van der Waals surface area contributed by atoms with Crippen LogP contribution in [0, 0.1) is 0 Å². The van der Waals surface area contributed by atoms with Crippen LogP contribution in [0.1, 0.15) is 19.3 Å². The van der Waals surface area contributed by atoms with Crippen molar-refractivity contribution in [3.05, 3.63) is 45.2 Å². The van der Waals surface area contributed by atoms with E-state index in [4.69, 9.17) is 0 Å². The Balaban J connectivity index is 2.06. The van der Waals surface area contributed by atoms with Gasteiger partial charge in [-0.3, -0.25) is 9.78 Å². The minimum atomic E-state index is -0.126. The lowest BCUT2D eigenvalue weighted by atomic mass is 10.1. The van der Waals surface area contributed by atoms with Crippen molar-refractivity contribution in [3.63, 3.8) is 0 Å². The van der Waals surface area contributed by atoms with Crippen molar-refractivity contribution in [2.45, 2.75) is 19.3 Å². The highest BCUT2D eigenvalue weighted by molar-refractivity contribution is 9.10. The van der Waals surface area contributed by atoms with E-state index >= 15 is 0 Å². The van der Waals surface area contributed by atoms with Crippen LogP contribution in [0.25, 0.3) is 11.3 Å². The molecular formula is C15H16BrN3O. The summed E-state index contributed by atoms with van der Waals surface area (Å²) in [5, 5.41) is 0. The quantitative estimate of drug-likeness (QED) is 0.918. The second-order valence-electron chi connectivity index (χ2n) is 4.97. The fourth-order valence-corrected chi connectivity index (χ4v) is 2.91. The van der Waals surface area contributed by atoms with Crippen LogP contribution in [0.5, 0.6) is 0 Å². The lowest BCUT2D eigenvalue weighted by molar-refractivity contribution is 0.567. The van der Waals surface area contributed by atoms with Crippen LogP contribution >= 0.6 is 15.9 Å². The number of hydrogen-bond donors (Lipinski definition) is 1. The average molecular weight is 334 g/mol. The van der Waals surface area contributed by atoms with E-state index in [1.54, 1.807) is 0 Å². The summed E-state index contributed by atoms with van der Waals surface area (Å²) in [6.07, 6.45) is 3.56. The molecule has 2 heterocycles. The lowest BCUT2D eigenvalue weighted by Gasteiger charge is -2.27. The number of rotatable bonds is 2. The molecule has 0 bridgehead atoms. The molecule has 0 spiro atoms. The zero-order valence-corrected chi connectivity index (χ0v) is 12.7. The molecule has 0 aliphatic carbocycles. The van der Waals surface area contributed by atoms with Gasteiger partial charge in [-0.1, -0.05) is 30.3 Å². The number of anilines is 1. The van der Waals surface area contributed by atoms with Crippen molar-refractivity contribution in [2.24, 2.45) is 0 Å². The molecular weight excluding hydrogens is 318 g/mol. The van der Waals surface area contributed by atoms with Gasteiger partial charge in [-0.15, -0.1) is 0 Å². The van der Waals surface area contributed by atoms with E-state index in [-0.39, 0.29) is 5.56 Å². The Morgan fingerprint density at radius 3 is 2.50 bits per heavy atom. The molecule has 0 atom stereocenters. The summed E-state index contributed by atoms with van der Waals surface area (Å²) in [4.78, 5) is 21.8. The Bertz CT molecular complexity index is 648. The molecule has 0 amide bonds. The summed E-state index contributed by atoms with van der Waals surface area (Å²) in [5.74, 6) is 0.678. The summed E-state index contributed by atoms with van der Waals surface area (Å²) in [6.45, 7) is 1.91. The molecule has 20 heavy (non-hydrogen) atoms. The van der Waals surface area contributed by atoms with E-state index in [0.29, 0.717) is 16.1 Å². The number of benzene rings is 1. The van der Waals surface area contributed by atoms with Crippen LogP contribution in [0.2, 0.25) is 0 Å². The largest absolute Gasteiger partial charge is 0.342 e. The van der Waals surface area contributed by atoms with Crippen LogP contribution in [0.15, 0.2) is 39.6 Å². The zero-order chi connectivity index (χ0) is 13.9. The maximum absolute atomic E-state index is 12.1. The molecule has 3 rings (SSSR count). The molecule has 0 saturated carbocycles. The summed E-state index contributed by atoms with van der Waals surface area (Å²) in [5.41, 5.74) is 1.53. The van der Waals surface area contributed by atoms with E-state index in [0.717, 1.165) is 31.5 Å². The van der Waals surface area contributed by atoms with Crippen LogP contribution < -0.4 is 10.5 Å². The molecule has 1 aliphatic heterocycles. The molecule has 1 saturated heterocycles. The molecule has 2 aromatic rings. The Labute approximate surface area is 126 Å². The monoisotopic (exact) mass is 333 g/mol. The normalized spacial score (nSPS) is 15.3. The maximum Gasteiger partial charge on any atom is 0.267 e. The number of halogens is 1. The number of aromatic nitrogens is 2. The van der Waals surface area contributed by atoms with Gasteiger partial charge in [0.1, 0.15) is 4.47 Å². The van der Waals surface area contributed by atoms with Crippen LogP contribution in [-0.4, -0.2) is 23.1 Å². The third-order valence-corrected chi connectivity index (χ3v) is 4.29. The predicted octanol–water partition coefficient (Wildman–Crippen LogP) is 3.19. The summed E-state index contributed by atoms with van der Waals surface area (Å²) < 4.78 is 0.490. The number of nitrogens with zero attached hydrogens (tertiary/aromatic N) is 2. The number of piperidine rings is 1. The molecule has 1 aromatic heterocycles. The van der Waals surface area contributed by atoms with Crippen LogP contribution in [0.4, 0.5) is 5.95 Å². The lowest BCUT2D eigenvalue weighted by Crippen LogP contribution is -2.32. The molecule has 1 aliphatic rings. The number of aromatic amines is 1. The second kappa shape index (κ2) is 5.79. The first-order valence-electron chi connectivity index (χ1n) is 6.86. The summed E-state index contributed by atoms with van der Waals surface area (Å²) in [7, 11) is 0. The maximum atomic E-state index is 12.1. The molecule has 4 nitrogen and oxygen atoms in total. The van der Waals surface area contributed by atoms with E-state index in [1.165, 1.54) is 6.42 Å². The first-order chi connectivity index (χ1) is 9.75. The van der Waals surface area contributed by atoms with Crippen molar-refractivity contribution < 1.29 is 0 Å². The van der Waals surface area contributed by atoms with Gasteiger partial charge in [0, 0.05) is 18.7 Å². The van der Waals surface area contributed by atoms with Crippen molar-refractivity contribution in [1.82, 2.24) is 9.97 Å². The fraction of sp³-hybridized carbons (Fsp3) is 0.333. The van der Waals surface area contributed by atoms with Gasteiger partial charge in [-0.2, -0.15) is 0 Å². The Morgan fingerprint density at radius 1 is 1.10 bits per heavy atom. The van der Waals surface area contributed by atoms with Crippen LogP contribution in [0.3, 0.4) is 0 Å². The second-order valence-corrected chi connectivity index (χ2v) is 5.76. The molecule has 0 unspecified atom stereocenters. The Kier molecular flexibility index (Phi) is 3.87. The number of hydrogen-bond acceptors (Lipinski definition) is 3. The molecule has 1 aromatic carbocycles. The SMILES string of the molecule is O=c1[nH]c(N2CCCCC2)nc(-c2ccccc2)c1Br. The van der Waals surface area contributed by atoms with Gasteiger partial charge in [0.2, 0.25) is 5.95 Å². The third-order valence-electron chi connectivity index (χ3n) is 3.55. The zero-order valence-electron chi connectivity index (χ0n) is 11.1. The van der Waals surface area contributed by atoms with Crippen LogP contribution in [-0.2, 0) is 0 Å². The van der Waals surface area contributed by atoms with E-state index in [2.05, 4.69) is 30.8 Å². The molecule has 0 radical (unpaired) electrons. The van der Waals surface area contributed by atoms with Gasteiger partial charge in [0.25, 0.3) is 5.56 Å². The highest BCUT2D eigenvalue weighted by Crippen LogP contribution is 2.25. The minimum Gasteiger partial charge on any atom is -0.342 e. The highest BCUT2D eigenvalue weighted by atomic mass is 79.9. The van der Waals surface area contributed by atoms with Gasteiger partial charge >= 0.3 is 0 Å². The average Bonchev–Trinajstić information content (AvgIpc) is 2.51. The predicted molar refractivity (Wildman–Crippen MR) is 84.1 cm³/mol. The van der Waals surface area contributed by atoms with E-state index < -0.39 is 0 Å². The van der Waals surface area contributed by atoms with E-state index in [1.807, 2.05) is 30.3 Å². The van der Waals surface area contributed by atoms with Gasteiger partial charge in [0.15, 0.2) is 0 Å². The third kappa shape index (κ3) is 2.63. The van der Waals surface area contributed by atoms with Gasteiger partial charge in [-0.25, -0.2) is 4.98 Å². The van der Waals surface area contributed by atoms with Gasteiger partial charge < -0.3 is 4.90 Å². The van der Waals surface area contributed by atoms with Crippen molar-refractivity contribution >= 4 is 21.9 Å². The molecule has 5 heteroatoms. The Hall–Kier alpha value is -1.62. The number of nitrogens with one attached hydrogen (secondary N) is 1. The summed E-state index contributed by atoms with van der Waals surface area (Å²) >= 11 is 3.35. The van der Waals surface area contributed by atoms with Gasteiger partial charge in [-0.05, 0) is 35.2 Å². The van der Waals surface area contributed by atoms with E-state index in [9.17, 15) is 4.79 Å². The molecule has 1 N–H and O–H groups in total. The van der Waals surface area contributed by atoms with Gasteiger partial charge in [0.05, 0.1) is 5.69 Å². The Morgan fingerprint density at radius 2 is 1.80 bits per heavy atom. The minimum absolute atomic E-state index is 0.126. The fourth-order valence-electron chi connectivity index (χ4n) is 2.49. The smallest absolute Gasteiger partial charge is 0.267 e. The highest BCUT2D eigenvalue weighted by Gasteiger charge is 2.17. The first-order valence-corrected chi connectivity index (χ1v) is 7.65. The number of H-pyrrole nitrogens is 1. The molecule has 1 fully saturated rings. The topological polar surface area (TPSA) is 49.0 Å². The molecule has 104 valence electrons. The first kappa shape index (κ1) is 13.4.